The predicted octanol–water partition coefficient (Wildman–Crippen LogP) is 0.658. The number of aromatic nitrogens is 1. The molecule has 7 heteroatoms. The third kappa shape index (κ3) is 2.36. The molecule has 1 aromatic heterocycles. The van der Waals surface area contributed by atoms with Crippen LogP contribution in [0.4, 0.5) is 13.2 Å². The van der Waals surface area contributed by atoms with E-state index in [1.807, 2.05) is 0 Å². The number of pyridine rings is 1. The molecule has 3 nitrogen and oxygen atoms in total. The largest absolute Gasteiger partial charge is 0.488 e. The van der Waals surface area contributed by atoms with Crippen molar-refractivity contribution in [3.63, 3.8) is 0 Å². The molecule has 0 atom stereocenters. The maximum absolute atomic E-state index is 12.5. The van der Waals surface area contributed by atoms with Crippen molar-refractivity contribution in [3.05, 3.63) is 23.5 Å². The number of alkyl halides is 3. The van der Waals surface area contributed by atoms with Crippen LogP contribution in [0.2, 0.25) is 0 Å². The van der Waals surface area contributed by atoms with E-state index in [-0.39, 0.29) is 17.1 Å². The van der Waals surface area contributed by atoms with Crippen LogP contribution >= 0.6 is 0 Å². The Kier molecular flexibility index (Phi) is 2.67. The Hall–Kier alpha value is -1.08. The van der Waals surface area contributed by atoms with Crippen molar-refractivity contribution in [1.29, 1.82) is 0 Å². The lowest BCUT2D eigenvalue weighted by molar-refractivity contribution is -0.141. The Morgan fingerprint density at radius 2 is 1.88 bits per heavy atom. The zero-order chi connectivity index (χ0) is 11.9. The number of rotatable bonds is 2. The van der Waals surface area contributed by atoms with Crippen molar-refractivity contribution in [2.24, 2.45) is 0 Å². The third-order valence-electron chi connectivity index (χ3n) is 2.45. The summed E-state index contributed by atoms with van der Waals surface area (Å²) in [6, 6.07) is 1.98. The van der Waals surface area contributed by atoms with Gasteiger partial charge in [0, 0.05) is 11.6 Å². The van der Waals surface area contributed by atoms with Crippen LogP contribution in [0.15, 0.2) is 12.1 Å². The molecule has 86 valence electrons. The maximum Gasteiger partial charge on any atom is 0.488 e. The van der Waals surface area contributed by atoms with E-state index in [4.69, 9.17) is 10.0 Å². The van der Waals surface area contributed by atoms with E-state index in [1.54, 1.807) is 0 Å². The molecule has 0 aliphatic heterocycles. The molecule has 0 spiro atoms. The van der Waals surface area contributed by atoms with E-state index in [0.29, 0.717) is 6.07 Å². The Labute approximate surface area is 90.1 Å². The summed E-state index contributed by atoms with van der Waals surface area (Å²) in [5, 5.41) is 17.8. The van der Waals surface area contributed by atoms with Gasteiger partial charge < -0.3 is 10.0 Å². The SMILES string of the molecule is OB(O)c1cc(C2CC2)nc(C(F)(F)F)c1. The minimum Gasteiger partial charge on any atom is -0.423 e. The van der Waals surface area contributed by atoms with Gasteiger partial charge in [-0.1, -0.05) is 0 Å². The van der Waals surface area contributed by atoms with Gasteiger partial charge in [-0.05, 0) is 30.4 Å². The molecule has 0 saturated heterocycles. The summed E-state index contributed by atoms with van der Waals surface area (Å²) in [7, 11) is -1.90. The number of hydrogen-bond donors (Lipinski definition) is 2. The highest BCUT2D eigenvalue weighted by molar-refractivity contribution is 6.58. The normalized spacial score (nSPS) is 16.3. The minimum atomic E-state index is -4.56. The van der Waals surface area contributed by atoms with Gasteiger partial charge in [-0.3, -0.25) is 0 Å². The van der Waals surface area contributed by atoms with Crippen LogP contribution in [0.25, 0.3) is 0 Å². The summed E-state index contributed by atoms with van der Waals surface area (Å²) in [5.74, 6) is 0.0276. The standard InChI is InChI=1S/C9H9BF3NO2/c11-9(12,13)8-4-6(10(15)16)3-7(14-8)5-1-2-5/h3-5,15-16H,1-2H2. The monoisotopic (exact) mass is 231 g/mol. The van der Waals surface area contributed by atoms with Crippen molar-refractivity contribution in [3.8, 4) is 0 Å². The van der Waals surface area contributed by atoms with Crippen molar-refractivity contribution in [2.75, 3.05) is 0 Å². The first kappa shape index (κ1) is 11.4. The first-order chi connectivity index (χ1) is 7.38. The Morgan fingerprint density at radius 1 is 1.25 bits per heavy atom. The minimum absolute atomic E-state index is 0.0276. The predicted molar refractivity (Wildman–Crippen MR) is 51.0 cm³/mol. The molecule has 16 heavy (non-hydrogen) atoms. The summed E-state index contributed by atoms with van der Waals surface area (Å²) < 4.78 is 37.4. The first-order valence-corrected chi connectivity index (χ1v) is 4.83. The molecule has 0 unspecified atom stereocenters. The fourth-order valence-electron chi connectivity index (χ4n) is 1.46. The maximum atomic E-state index is 12.5. The van der Waals surface area contributed by atoms with Crippen LogP contribution < -0.4 is 5.46 Å². The lowest BCUT2D eigenvalue weighted by atomic mass is 9.80. The summed E-state index contributed by atoms with van der Waals surface area (Å²) in [6.07, 6.45) is -2.96. The van der Waals surface area contributed by atoms with Crippen molar-refractivity contribution < 1.29 is 23.2 Å². The zero-order valence-corrected chi connectivity index (χ0v) is 8.20. The molecule has 2 rings (SSSR count). The lowest BCUT2D eigenvalue weighted by Gasteiger charge is -2.10. The Bertz CT molecular complexity index is 384. The second kappa shape index (κ2) is 3.74. The van der Waals surface area contributed by atoms with E-state index < -0.39 is 19.0 Å². The summed E-state index contributed by atoms with van der Waals surface area (Å²) >= 11 is 0. The van der Waals surface area contributed by atoms with Gasteiger partial charge in [0.25, 0.3) is 0 Å². The number of halogens is 3. The fourth-order valence-corrected chi connectivity index (χ4v) is 1.46. The molecule has 1 aromatic rings. The first-order valence-electron chi connectivity index (χ1n) is 4.83. The smallest absolute Gasteiger partial charge is 0.423 e. The van der Waals surface area contributed by atoms with E-state index in [1.165, 1.54) is 6.07 Å². The van der Waals surface area contributed by atoms with Gasteiger partial charge in [0.05, 0.1) is 0 Å². The highest BCUT2D eigenvalue weighted by atomic mass is 19.4. The van der Waals surface area contributed by atoms with Crippen molar-refractivity contribution in [2.45, 2.75) is 24.9 Å². The molecule has 1 heterocycles. The van der Waals surface area contributed by atoms with Crippen LogP contribution in [0.3, 0.4) is 0 Å². The van der Waals surface area contributed by atoms with Gasteiger partial charge in [-0.2, -0.15) is 13.2 Å². The van der Waals surface area contributed by atoms with Crippen LogP contribution in [-0.2, 0) is 6.18 Å². The van der Waals surface area contributed by atoms with Gasteiger partial charge in [0.2, 0.25) is 0 Å². The second-order valence-electron chi connectivity index (χ2n) is 3.86. The van der Waals surface area contributed by atoms with E-state index in [0.717, 1.165) is 12.8 Å². The lowest BCUT2D eigenvalue weighted by Crippen LogP contribution is -2.32. The molecule has 0 amide bonds. The quantitative estimate of drug-likeness (QED) is 0.735. The average molecular weight is 231 g/mol. The van der Waals surface area contributed by atoms with Gasteiger partial charge in [-0.25, -0.2) is 4.98 Å². The van der Waals surface area contributed by atoms with Crippen LogP contribution in [0, 0.1) is 0 Å². The van der Waals surface area contributed by atoms with Gasteiger partial charge in [0.15, 0.2) is 0 Å². The molecular weight excluding hydrogens is 222 g/mol. The molecule has 2 N–H and O–H groups in total. The molecular formula is C9H9BF3NO2. The third-order valence-corrected chi connectivity index (χ3v) is 2.45. The van der Waals surface area contributed by atoms with Crippen LogP contribution in [0.1, 0.15) is 30.1 Å². The van der Waals surface area contributed by atoms with Crippen LogP contribution in [-0.4, -0.2) is 22.2 Å². The van der Waals surface area contributed by atoms with E-state index in [2.05, 4.69) is 4.98 Å². The Balaban J connectivity index is 2.44. The van der Waals surface area contributed by atoms with Gasteiger partial charge >= 0.3 is 13.3 Å². The van der Waals surface area contributed by atoms with Gasteiger partial charge in [0.1, 0.15) is 5.69 Å². The summed E-state index contributed by atoms with van der Waals surface area (Å²) in [4.78, 5) is 3.50. The summed E-state index contributed by atoms with van der Waals surface area (Å²) in [5.41, 5.74) is -0.942. The molecule has 1 saturated carbocycles. The number of hydrogen-bond acceptors (Lipinski definition) is 3. The van der Waals surface area contributed by atoms with Gasteiger partial charge in [-0.15, -0.1) is 0 Å². The van der Waals surface area contributed by atoms with Crippen molar-refractivity contribution >= 4 is 12.6 Å². The summed E-state index contributed by atoms with van der Waals surface area (Å²) in [6.45, 7) is 0. The van der Waals surface area contributed by atoms with Crippen molar-refractivity contribution in [1.82, 2.24) is 4.98 Å². The molecule has 1 fully saturated rings. The molecule has 1 aliphatic rings. The zero-order valence-electron chi connectivity index (χ0n) is 8.20. The topological polar surface area (TPSA) is 53.4 Å². The average Bonchev–Trinajstić information content (AvgIpc) is 2.98. The molecule has 0 aromatic carbocycles. The number of nitrogens with zero attached hydrogens (tertiary/aromatic N) is 1. The molecule has 1 aliphatic carbocycles. The highest BCUT2D eigenvalue weighted by Crippen LogP contribution is 2.39. The van der Waals surface area contributed by atoms with E-state index in [9.17, 15) is 13.2 Å². The molecule has 0 radical (unpaired) electrons. The van der Waals surface area contributed by atoms with Crippen LogP contribution in [0.5, 0.6) is 0 Å². The Morgan fingerprint density at radius 3 is 2.31 bits per heavy atom. The highest BCUT2D eigenvalue weighted by Gasteiger charge is 2.36. The second-order valence-corrected chi connectivity index (χ2v) is 3.86. The molecule has 0 bridgehead atoms. The fraction of sp³-hybridized carbons (Fsp3) is 0.444. The van der Waals surface area contributed by atoms with E-state index >= 15 is 0 Å².